The van der Waals surface area contributed by atoms with Gasteiger partial charge in [0.2, 0.25) is 0 Å². The van der Waals surface area contributed by atoms with Gasteiger partial charge >= 0.3 is 0 Å². The Labute approximate surface area is 134 Å². The highest BCUT2D eigenvalue weighted by Gasteiger charge is 2.23. The van der Waals surface area contributed by atoms with Crippen molar-refractivity contribution >= 4 is 5.91 Å². The van der Waals surface area contributed by atoms with Crippen LogP contribution in [0, 0.1) is 0 Å². The van der Waals surface area contributed by atoms with Crippen LogP contribution in [-0.2, 0) is 6.54 Å². The Balaban J connectivity index is 1.80. The van der Waals surface area contributed by atoms with Crippen molar-refractivity contribution in [3.05, 3.63) is 58.0 Å². The molecule has 6 nitrogen and oxygen atoms in total. The first-order valence-corrected chi connectivity index (χ1v) is 7.80. The Bertz CT molecular complexity index is 770. The second-order valence-corrected chi connectivity index (χ2v) is 5.48. The van der Waals surface area contributed by atoms with Gasteiger partial charge in [-0.2, -0.15) is 5.10 Å². The summed E-state index contributed by atoms with van der Waals surface area (Å²) in [5.74, 6) is 0.518. The SMILES string of the molecule is CCCn1nc(C(=O)NC2CCOc3ccccc32)ccc1=O. The van der Waals surface area contributed by atoms with Gasteiger partial charge in [-0.25, -0.2) is 4.68 Å². The molecule has 1 amide bonds. The van der Waals surface area contributed by atoms with Gasteiger partial charge in [-0.15, -0.1) is 0 Å². The molecule has 1 unspecified atom stereocenters. The lowest BCUT2D eigenvalue weighted by Crippen LogP contribution is -2.34. The maximum atomic E-state index is 12.5. The fourth-order valence-corrected chi connectivity index (χ4v) is 2.67. The fraction of sp³-hybridized carbons (Fsp3) is 0.353. The van der Waals surface area contributed by atoms with Gasteiger partial charge in [-0.05, 0) is 18.6 Å². The van der Waals surface area contributed by atoms with E-state index in [0.29, 0.717) is 19.6 Å². The largest absolute Gasteiger partial charge is 0.493 e. The number of nitrogens with zero attached hydrogens (tertiary/aromatic N) is 2. The second-order valence-electron chi connectivity index (χ2n) is 5.48. The number of amides is 1. The van der Waals surface area contributed by atoms with E-state index in [1.165, 1.54) is 16.8 Å². The van der Waals surface area contributed by atoms with Crippen LogP contribution in [0.1, 0.15) is 41.9 Å². The Morgan fingerprint density at radius 2 is 2.17 bits per heavy atom. The Kier molecular flexibility index (Phi) is 4.41. The topological polar surface area (TPSA) is 73.2 Å². The van der Waals surface area contributed by atoms with Crippen molar-refractivity contribution in [2.24, 2.45) is 0 Å². The van der Waals surface area contributed by atoms with Gasteiger partial charge in [0, 0.05) is 24.6 Å². The highest BCUT2D eigenvalue weighted by Crippen LogP contribution is 2.31. The molecular formula is C17H19N3O3. The zero-order chi connectivity index (χ0) is 16.2. The molecule has 1 aromatic carbocycles. The van der Waals surface area contributed by atoms with E-state index in [4.69, 9.17) is 4.74 Å². The lowest BCUT2D eigenvalue weighted by atomic mass is 10.0. The maximum Gasteiger partial charge on any atom is 0.272 e. The molecule has 1 aliphatic heterocycles. The maximum absolute atomic E-state index is 12.5. The average Bonchev–Trinajstić information content (AvgIpc) is 2.57. The first-order chi connectivity index (χ1) is 11.2. The van der Waals surface area contributed by atoms with Crippen LogP contribution in [0.5, 0.6) is 5.75 Å². The number of fused-ring (bicyclic) bond motifs is 1. The van der Waals surface area contributed by atoms with Crippen LogP contribution in [0.15, 0.2) is 41.2 Å². The van der Waals surface area contributed by atoms with E-state index in [1.807, 2.05) is 31.2 Å². The summed E-state index contributed by atoms with van der Waals surface area (Å²) in [6.07, 6.45) is 1.49. The molecule has 3 rings (SSSR count). The molecule has 0 aliphatic carbocycles. The summed E-state index contributed by atoms with van der Waals surface area (Å²) in [5, 5.41) is 7.13. The smallest absolute Gasteiger partial charge is 0.272 e. The Hall–Kier alpha value is -2.63. The minimum absolute atomic E-state index is 0.110. The molecule has 2 aromatic rings. The van der Waals surface area contributed by atoms with Crippen LogP contribution in [0.2, 0.25) is 0 Å². The second kappa shape index (κ2) is 6.64. The lowest BCUT2D eigenvalue weighted by molar-refractivity contribution is 0.0917. The number of carbonyl (C=O) groups is 1. The van der Waals surface area contributed by atoms with Gasteiger partial charge in [-0.1, -0.05) is 25.1 Å². The molecule has 1 N–H and O–H groups in total. The summed E-state index contributed by atoms with van der Waals surface area (Å²) < 4.78 is 6.92. The van der Waals surface area contributed by atoms with Crippen molar-refractivity contribution in [3.8, 4) is 5.75 Å². The van der Waals surface area contributed by atoms with Gasteiger partial charge in [0.15, 0.2) is 0 Å². The normalized spacial score (nSPS) is 16.3. The molecule has 0 bridgehead atoms. The van der Waals surface area contributed by atoms with Crippen LogP contribution in [-0.4, -0.2) is 22.3 Å². The van der Waals surface area contributed by atoms with Crippen LogP contribution in [0.3, 0.4) is 0 Å². The third-order valence-electron chi connectivity index (χ3n) is 3.80. The molecule has 0 saturated heterocycles. The summed E-state index contributed by atoms with van der Waals surface area (Å²) in [6.45, 7) is 3.02. The highest BCUT2D eigenvalue weighted by atomic mass is 16.5. The van der Waals surface area contributed by atoms with E-state index in [0.717, 1.165) is 17.7 Å². The number of hydrogen-bond donors (Lipinski definition) is 1. The zero-order valence-electron chi connectivity index (χ0n) is 13.0. The number of aryl methyl sites for hydroxylation is 1. The monoisotopic (exact) mass is 313 g/mol. The minimum atomic E-state index is -0.281. The molecule has 1 aliphatic rings. The van der Waals surface area contributed by atoms with Crippen molar-refractivity contribution < 1.29 is 9.53 Å². The van der Waals surface area contributed by atoms with E-state index < -0.39 is 0 Å². The minimum Gasteiger partial charge on any atom is -0.493 e. The van der Waals surface area contributed by atoms with Crippen LogP contribution >= 0.6 is 0 Å². The number of carbonyl (C=O) groups excluding carboxylic acids is 1. The first-order valence-electron chi connectivity index (χ1n) is 7.80. The van der Waals surface area contributed by atoms with Crippen LogP contribution in [0.4, 0.5) is 0 Å². The summed E-state index contributed by atoms with van der Waals surface area (Å²) in [6, 6.07) is 10.4. The van der Waals surface area contributed by atoms with Crippen LogP contribution < -0.4 is 15.6 Å². The van der Waals surface area contributed by atoms with E-state index in [2.05, 4.69) is 10.4 Å². The molecule has 6 heteroatoms. The number of aromatic nitrogens is 2. The average molecular weight is 313 g/mol. The zero-order valence-corrected chi connectivity index (χ0v) is 13.0. The van der Waals surface area contributed by atoms with Crippen molar-refractivity contribution in [1.29, 1.82) is 0 Å². The molecule has 120 valence electrons. The van der Waals surface area contributed by atoms with Crippen LogP contribution in [0.25, 0.3) is 0 Å². The molecule has 23 heavy (non-hydrogen) atoms. The Morgan fingerprint density at radius 1 is 1.35 bits per heavy atom. The summed E-state index contributed by atoms with van der Waals surface area (Å²) in [7, 11) is 0. The van der Waals surface area contributed by atoms with Crippen molar-refractivity contribution in [3.63, 3.8) is 0 Å². The fourth-order valence-electron chi connectivity index (χ4n) is 2.67. The molecule has 0 saturated carbocycles. The number of benzene rings is 1. The third-order valence-corrected chi connectivity index (χ3v) is 3.80. The molecule has 1 atom stereocenters. The number of ether oxygens (including phenoxy) is 1. The quantitative estimate of drug-likeness (QED) is 0.936. The lowest BCUT2D eigenvalue weighted by Gasteiger charge is -2.26. The standard InChI is InChI=1S/C17H19N3O3/c1-2-10-20-16(21)8-7-14(19-20)17(22)18-13-9-11-23-15-6-4-3-5-12(13)15/h3-8,13H,2,9-11H2,1H3,(H,18,22). The number of hydrogen-bond acceptors (Lipinski definition) is 4. The molecule has 1 aromatic heterocycles. The van der Waals surface area contributed by atoms with Crippen molar-refractivity contribution in [1.82, 2.24) is 15.1 Å². The van der Waals surface area contributed by atoms with Crippen molar-refractivity contribution in [2.75, 3.05) is 6.61 Å². The van der Waals surface area contributed by atoms with E-state index in [-0.39, 0.29) is 23.2 Å². The number of rotatable bonds is 4. The number of nitrogens with one attached hydrogen (secondary N) is 1. The third kappa shape index (κ3) is 3.26. The predicted molar refractivity (Wildman–Crippen MR) is 85.5 cm³/mol. The van der Waals surface area contributed by atoms with Gasteiger partial charge in [0.25, 0.3) is 11.5 Å². The molecule has 0 fully saturated rings. The van der Waals surface area contributed by atoms with E-state index >= 15 is 0 Å². The van der Waals surface area contributed by atoms with E-state index in [1.54, 1.807) is 0 Å². The molecule has 2 heterocycles. The Morgan fingerprint density at radius 3 is 3.00 bits per heavy atom. The summed E-state index contributed by atoms with van der Waals surface area (Å²) in [4.78, 5) is 24.2. The van der Waals surface area contributed by atoms with Gasteiger partial charge in [0.1, 0.15) is 11.4 Å². The predicted octanol–water partition coefficient (Wildman–Crippen LogP) is 1.91. The van der Waals surface area contributed by atoms with Gasteiger partial charge in [-0.3, -0.25) is 9.59 Å². The van der Waals surface area contributed by atoms with Gasteiger partial charge < -0.3 is 10.1 Å². The summed E-state index contributed by atoms with van der Waals surface area (Å²) in [5.41, 5.74) is 1.02. The summed E-state index contributed by atoms with van der Waals surface area (Å²) >= 11 is 0. The van der Waals surface area contributed by atoms with E-state index in [9.17, 15) is 9.59 Å². The van der Waals surface area contributed by atoms with Gasteiger partial charge in [0.05, 0.1) is 12.6 Å². The molecule has 0 radical (unpaired) electrons. The molecule has 0 spiro atoms. The number of para-hydroxylation sites is 1. The highest BCUT2D eigenvalue weighted by molar-refractivity contribution is 5.92. The molecular weight excluding hydrogens is 294 g/mol. The van der Waals surface area contributed by atoms with Crippen molar-refractivity contribution in [2.45, 2.75) is 32.4 Å². The first kappa shape index (κ1) is 15.3.